The molecule has 0 amide bonds. The van der Waals surface area contributed by atoms with E-state index in [1.165, 1.54) is 18.4 Å². The van der Waals surface area contributed by atoms with Gasteiger partial charge in [-0.2, -0.15) is 0 Å². The summed E-state index contributed by atoms with van der Waals surface area (Å²) >= 11 is 1.57. The van der Waals surface area contributed by atoms with E-state index in [1.807, 2.05) is 29.2 Å². The van der Waals surface area contributed by atoms with Gasteiger partial charge in [0, 0.05) is 33.1 Å². The van der Waals surface area contributed by atoms with Crippen LogP contribution in [-0.2, 0) is 10.0 Å². The number of β-amino-alcohol motifs (C(OH)–C–C–N with tert-alkyl or cyclic N) is 1. The van der Waals surface area contributed by atoms with E-state index in [4.69, 9.17) is 0 Å². The number of benzene rings is 1. The zero-order chi connectivity index (χ0) is 15.9. The van der Waals surface area contributed by atoms with Gasteiger partial charge < -0.3 is 10.0 Å². The first-order chi connectivity index (χ1) is 10.4. The Bertz CT molecular complexity index is 739. The molecule has 1 fully saturated rings. The van der Waals surface area contributed by atoms with Crippen LogP contribution in [0.2, 0.25) is 0 Å². The summed E-state index contributed by atoms with van der Waals surface area (Å²) in [4.78, 5) is 6.55. The Kier molecular flexibility index (Phi) is 4.11. The van der Waals surface area contributed by atoms with Crippen molar-refractivity contribution in [3.8, 4) is 0 Å². The minimum absolute atomic E-state index is 0.0391. The van der Waals surface area contributed by atoms with E-state index in [0.717, 1.165) is 15.3 Å². The smallest absolute Gasteiger partial charge is 0.214 e. The van der Waals surface area contributed by atoms with E-state index >= 15 is 0 Å². The van der Waals surface area contributed by atoms with Gasteiger partial charge in [0.1, 0.15) is 0 Å². The van der Waals surface area contributed by atoms with Crippen LogP contribution in [-0.4, -0.2) is 61.9 Å². The number of para-hydroxylation sites is 1. The maximum absolute atomic E-state index is 12.0. The summed E-state index contributed by atoms with van der Waals surface area (Å²) in [6.45, 7) is 0.932. The Balaban J connectivity index is 1.78. The van der Waals surface area contributed by atoms with Crippen LogP contribution in [0.15, 0.2) is 24.3 Å². The number of rotatable bonds is 4. The van der Waals surface area contributed by atoms with Gasteiger partial charge in [0.15, 0.2) is 5.13 Å². The lowest BCUT2D eigenvalue weighted by Gasteiger charge is -2.17. The van der Waals surface area contributed by atoms with Gasteiger partial charge in [0.05, 0.1) is 22.1 Å². The van der Waals surface area contributed by atoms with Gasteiger partial charge in [0.25, 0.3) is 0 Å². The summed E-state index contributed by atoms with van der Waals surface area (Å²) < 4.78 is 26.3. The van der Waals surface area contributed by atoms with Crippen molar-refractivity contribution in [3.63, 3.8) is 0 Å². The monoisotopic (exact) mass is 341 g/mol. The molecule has 0 radical (unpaired) electrons. The van der Waals surface area contributed by atoms with Gasteiger partial charge >= 0.3 is 0 Å². The topological polar surface area (TPSA) is 73.7 Å². The van der Waals surface area contributed by atoms with Gasteiger partial charge in [-0.05, 0) is 12.1 Å². The van der Waals surface area contributed by atoms with E-state index in [2.05, 4.69) is 4.98 Å². The first kappa shape index (κ1) is 15.7. The van der Waals surface area contributed by atoms with E-state index < -0.39 is 16.1 Å². The van der Waals surface area contributed by atoms with Crippen molar-refractivity contribution >= 4 is 36.7 Å². The zero-order valence-electron chi connectivity index (χ0n) is 12.5. The van der Waals surface area contributed by atoms with E-state index in [-0.39, 0.29) is 11.7 Å². The summed E-state index contributed by atoms with van der Waals surface area (Å²) in [7, 11) is -0.283. The summed E-state index contributed by atoms with van der Waals surface area (Å²) in [6.07, 6.45) is -0.651. The number of aliphatic hydroxyl groups excluding tert-OH is 1. The van der Waals surface area contributed by atoms with Crippen LogP contribution in [0.25, 0.3) is 10.2 Å². The fourth-order valence-corrected chi connectivity index (χ4v) is 4.74. The van der Waals surface area contributed by atoms with Crippen LogP contribution in [0.1, 0.15) is 0 Å². The molecule has 8 heteroatoms. The Morgan fingerprint density at radius 3 is 2.77 bits per heavy atom. The van der Waals surface area contributed by atoms with E-state index in [1.54, 1.807) is 11.3 Å². The maximum atomic E-state index is 12.0. The average molecular weight is 341 g/mol. The predicted molar refractivity (Wildman–Crippen MR) is 88.8 cm³/mol. The molecule has 3 rings (SSSR count). The van der Waals surface area contributed by atoms with Crippen LogP contribution in [0, 0.1) is 5.92 Å². The first-order valence-corrected chi connectivity index (χ1v) is 9.48. The van der Waals surface area contributed by atoms with Gasteiger partial charge in [-0.1, -0.05) is 23.5 Å². The second kappa shape index (κ2) is 5.77. The summed E-state index contributed by atoms with van der Waals surface area (Å²) in [5.74, 6) is -0.331. The highest BCUT2D eigenvalue weighted by Gasteiger charge is 2.36. The Morgan fingerprint density at radius 1 is 1.36 bits per heavy atom. The number of aromatic nitrogens is 1. The number of hydrogen-bond acceptors (Lipinski definition) is 6. The summed E-state index contributed by atoms with van der Waals surface area (Å²) in [5, 5.41) is 11.0. The third-order valence-electron chi connectivity index (χ3n) is 3.94. The second-order valence-electron chi connectivity index (χ2n) is 5.76. The quantitative estimate of drug-likeness (QED) is 0.897. The van der Waals surface area contributed by atoms with Crippen LogP contribution in [0.3, 0.4) is 0 Å². The Labute approximate surface area is 134 Å². The lowest BCUT2D eigenvalue weighted by atomic mass is 10.1. The number of nitrogens with zero attached hydrogens (tertiary/aromatic N) is 3. The van der Waals surface area contributed by atoms with Crippen molar-refractivity contribution < 1.29 is 13.5 Å². The normalized spacial score (nSPS) is 22.8. The first-order valence-electron chi connectivity index (χ1n) is 7.05. The maximum Gasteiger partial charge on any atom is 0.214 e. The molecule has 1 aromatic carbocycles. The predicted octanol–water partition coefficient (Wildman–Crippen LogP) is 0.985. The molecule has 2 aromatic rings. The highest BCUT2D eigenvalue weighted by Crippen LogP contribution is 2.32. The molecule has 6 nitrogen and oxygen atoms in total. The summed E-state index contributed by atoms with van der Waals surface area (Å²) in [5.41, 5.74) is 0.932. The van der Waals surface area contributed by atoms with Gasteiger partial charge in [-0.3, -0.25) is 0 Å². The molecule has 0 unspecified atom stereocenters. The number of fused-ring (bicyclic) bond motifs is 1. The van der Waals surface area contributed by atoms with Crippen LogP contribution in [0.4, 0.5) is 5.13 Å². The van der Waals surface area contributed by atoms with Crippen LogP contribution >= 0.6 is 11.3 Å². The van der Waals surface area contributed by atoms with Crippen molar-refractivity contribution in [1.82, 2.24) is 9.29 Å². The van der Waals surface area contributed by atoms with Crippen molar-refractivity contribution in [2.75, 3.05) is 37.8 Å². The van der Waals surface area contributed by atoms with Crippen molar-refractivity contribution in [3.05, 3.63) is 24.3 Å². The van der Waals surface area contributed by atoms with Gasteiger partial charge in [0.2, 0.25) is 10.0 Å². The van der Waals surface area contributed by atoms with Gasteiger partial charge in [-0.25, -0.2) is 17.7 Å². The average Bonchev–Trinajstić information content (AvgIpc) is 3.02. The third-order valence-corrected chi connectivity index (χ3v) is 7.00. The molecule has 0 aliphatic carbocycles. The number of anilines is 1. The standard InChI is InChI=1S/C14H19N3O3S2/c1-16(2)22(19,20)9-10-7-17(8-12(10)18)14-15-11-5-3-4-6-13(11)21-14/h3-6,10,12,18H,7-9H2,1-2H3/t10-,12-/m0/s1. The third kappa shape index (κ3) is 2.96. The number of hydrogen-bond donors (Lipinski definition) is 1. The second-order valence-corrected chi connectivity index (χ2v) is 8.99. The highest BCUT2D eigenvalue weighted by molar-refractivity contribution is 7.89. The lowest BCUT2D eigenvalue weighted by Crippen LogP contribution is -2.33. The fraction of sp³-hybridized carbons (Fsp3) is 0.500. The van der Waals surface area contributed by atoms with Crippen LogP contribution < -0.4 is 4.90 Å². The lowest BCUT2D eigenvalue weighted by molar-refractivity contribution is 0.157. The highest BCUT2D eigenvalue weighted by atomic mass is 32.2. The van der Waals surface area contributed by atoms with E-state index in [9.17, 15) is 13.5 Å². The molecular formula is C14H19N3O3S2. The molecule has 0 saturated carbocycles. The molecule has 1 saturated heterocycles. The zero-order valence-corrected chi connectivity index (χ0v) is 14.1. The van der Waals surface area contributed by atoms with Crippen LogP contribution in [0.5, 0.6) is 0 Å². The molecule has 0 spiro atoms. The molecule has 0 bridgehead atoms. The van der Waals surface area contributed by atoms with Gasteiger partial charge in [-0.15, -0.1) is 0 Å². The van der Waals surface area contributed by atoms with E-state index in [0.29, 0.717) is 13.1 Å². The molecule has 1 aromatic heterocycles. The number of aliphatic hydroxyl groups is 1. The molecule has 1 aliphatic rings. The minimum Gasteiger partial charge on any atom is -0.391 e. The molecule has 22 heavy (non-hydrogen) atoms. The fourth-order valence-electron chi connectivity index (χ4n) is 2.59. The van der Waals surface area contributed by atoms with Crippen molar-refractivity contribution in [1.29, 1.82) is 0 Å². The molecular weight excluding hydrogens is 322 g/mol. The SMILES string of the molecule is CN(C)S(=O)(=O)C[C@@H]1CN(c2nc3ccccc3s2)C[C@@H]1O. The number of thiazole rings is 1. The van der Waals surface area contributed by atoms with Crippen molar-refractivity contribution in [2.24, 2.45) is 5.92 Å². The Hall–Kier alpha value is -1.22. The molecule has 2 atom stereocenters. The molecule has 120 valence electrons. The molecule has 2 heterocycles. The molecule has 1 aliphatic heterocycles. The largest absolute Gasteiger partial charge is 0.391 e. The minimum atomic E-state index is -3.32. The van der Waals surface area contributed by atoms with Crippen molar-refractivity contribution in [2.45, 2.75) is 6.10 Å². The Morgan fingerprint density at radius 2 is 2.09 bits per heavy atom. The number of sulfonamides is 1. The molecule has 1 N–H and O–H groups in total. The summed E-state index contributed by atoms with van der Waals surface area (Å²) in [6, 6.07) is 7.87.